The molecule has 0 aliphatic carbocycles. The number of benzene rings is 2. The van der Waals surface area contributed by atoms with E-state index < -0.39 is 18.4 Å². The number of hydrogen-bond acceptors (Lipinski definition) is 6. The summed E-state index contributed by atoms with van der Waals surface area (Å²) in [5, 5.41) is 22.0. The number of imidazole rings is 1. The van der Waals surface area contributed by atoms with Gasteiger partial charge in [0.1, 0.15) is 17.8 Å². The fraction of sp³-hybridized carbons (Fsp3) is 0.231. The minimum atomic E-state index is -0.699. The van der Waals surface area contributed by atoms with Gasteiger partial charge in [-0.3, -0.25) is 4.57 Å². The van der Waals surface area contributed by atoms with Gasteiger partial charge in [-0.15, -0.1) is 11.3 Å². The Morgan fingerprint density at radius 3 is 2.76 bits per heavy atom. The molecule has 5 aromatic rings. The van der Waals surface area contributed by atoms with E-state index in [4.69, 9.17) is 4.74 Å². The number of hydrogen-bond donors (Lipinski definition) is 2. The third-order valence-corrected chi connectivity index (χ3v) is 7.39. The minimum absolute atomic E-state index is 0.210. The van der Waals surface area contributed by atoms with E-state index in [1.807, 2.05) is 10.6 Å². The van der Waals surface area contributed by atoms with Gasteiger partial charge in [0, 0.05) is 34.4 Å². The molecular formula is C26H23N3O3S. The highest BCUT2D eigenvalue weighted by Gasteiger charge is 2.35. The Morgan fingerprint density at radius 1 is 1.03 bits per heavy atom. The molecule has 0 amide bonds. The second-order valence-electron chi connectivity index (χ2n) is 8.42. The van der Waals surface area contributed by atoms with Gasteiger partial charge in [-0.25, -0.2) is 9.97 Å². The highest BCUT2D eigenvalue weighted by Crippen LogP contribution is 2.36. The highest BCUT2D eigenvalue weighted by atomic mass is 32.1. The maximum absolute atomic E-state index is 10.1. The van der Waals surface area contributed by atoms with Crippen LogP contribution in [0, 0.1) is 0 Å². The number of rotatable bonds is 5. The second-order valence-corrected chi connectivity index (χ2v) is 9.59. The van der Waals surface area contributed by atoms with E-state index in [1.54, 1.807) is 23.9 Å². The van der Waals surface area contributed by atoms with Crippen LogP contribution in [0.15, 0.2) is 73.2 Å². The maximum atomic E-state index is 10.1. The maximum Gasteiger partial charge on any atom is 0.162 e. The lowest BCUT2D eigenvalue weighted by Gasteiger charge is -2.13. The van der Waals surface area contributed by atoms with Gasteiger partial charge in [-0.1, -0.05) is 42.5 Å². The summed E-state index contributed by atoms with van der Waals surface area (Å²) in [5.74, 6) is 0. The number of nitrogens with zero attached hydrogens (tertiary/aromatic N) is 3. The van der Waals surface area contributed by atoms with Crippen LogP contribution >= 0.6 is 11.3 Å². The lowest BCUT2D eigenvalue weighted by atomic mass is 10.0. The molecule has 1 aliphatic rings. The van der Waals surface area contributed by atoms with Crippen molar-refractivity contribution in [2.75, 3.05) is 6.61 Å². The van der Waals surface area contributed by atoms with Gasteiger partial charge < -0.3 is 14.9 Å². The average molecular weight is 458 g/mol. The molecule has 0 radical (unpaired) electrons. The molecule has 7 heteroatoms. The van der Waals surface area contributed by atoms with Crippen LogP contribution in [0.25, 0.3) is 32.4 Å². The van der Waals surface area contributed by atoms with E-state index >= 15 is 0 Å². The third kappa shape index (κ3) is 3.73. The van der Waals surface area contributed by atoms with Gasteiger partial charge in [0.05, 0.1) is 19.0 Å². The molecule has 0 saturated carbocycles. The van der Waals surface area contributed by atoms with E-state index in [1.165, 1.54) is 21.2 Å². The second kappa shape index (κ2) is 8.35. The van der Waals surface area contributed by atoms with Gasteiger partial charge in [0.15, 0.2) is 5.65 Å². The molecular weight excluding hydrogens is 434 g/mol. The predicted octanol–water partition coefficient (Wildman–Crippen LogP) is 4.54. The fourth-order valence-electron chi connectivity index (χ4n) is 4.56. The van der Waals surface area contributed by atoms with Crippen molar-refractivity contribution in [1.82, 2.24) is 14.5 Å². The summed E-state index contributed by atoms with van der Waals surface area (Å²) in [6, 6.07) is 21.4. The number of aromatic nitrogens is 3. The van der Waals surface area contributed by atoms with Crippen molar-refractivity contribution in [3.63, 3.8) is 0 Å². The zero-order chi connectivity index (χ0) is 22.4. The molecule has 0 spiro atoms. The van der Waals surface area contributed by atoms with Gasteiger partial charge in [-0.05, 0) is 34.5 Å². The van der Waals surface area contributed by atoms with Crippen LogP contribution in [0.5, 0.6) is 0 Å². The molecule has 3 atom stereocenters. The fourth-order valence-corrected chi connectivity index (χ4v) is 5.63. The van der Waals surface area contributed by atoms with Gasteiger partial charge in [0.2, 0.25) is 0 Å². The van der Waals surface area contributed by atoms with Crippen molar-refractivity contribution in [2.24, 2.45) is 0 Å². The Kier molecular flexibility index (Phi) is 5.19. The minimum Gasteiger partial charge on any atom is -0.394 e. The monoisotopic (exact) mass is 457 g/mol. The summed E-state index contributed by atoms with van der Waals surface area (Å²) < 4.78 is 7.66. The van der Waals surface area contributed by atoms with Gasteiger partial charge >= 0.3 is 0 Å². The van der Waals surface area contributed by atoms with Crippen molar-refractivity contribution < 1.29 is 14.9 Å². The molecule has 4 heterocycles. The highest BCUT2D eigenvalue weighted by molar-refractivity contribution is 7.15. The molecule has 0 bridgehead atoms. The molecule has 1 saturated heterocycles. The van der Waals surface area contributed by atoms with Crippen molar-refractivity contribution in [2.45, 2.75) is 31.3 Å². The Morgan fingerprint density at radius 2 is 1.91 bits per heavy atom. The lowest BCUT2D eigenvalue weighted by molar-refractivity contribution is -0.0432. The van der Waals surface area contributed by atoms with E-state index in [0.717, 1.165) is 22.4 Å². The Labute approximate surface area is 194 Å². The van der Waals surface area contributed by atoms with Crippen LogP contribution in [0.4, 0.5) is 0 Å². The van der Waals surface area contributed by atoms with Crippen molar-refractivity contribution in [1.29, 1.82) is 0 Å². The first-order valence-corrected chi connectivity index (χ1v) is 11.8. The predicted molar refractivity (Wildman–Crippen MR) is 129 cm³/mol. The summed E-state index contributed by atoms with van der Waals surface area (Å²) in [7, 11) is 0. The van der Waals surface area contributed by atoms with Crippen molar-refractivity contribution >= 4 is 33.3 Å². The molecule has 1 fully saturated rings. The van der Waals surface area contributed by atoms with Crippen molar-refractivity contribution in [3.05, 3.63) is 83.6 Å². The zero-order valence-electron chi connectivity index (χ0n) is 17.8. The van der Waals surface area contributed by atoms with Gasteiger partial charge in [0.25, 0.3) is 0 Å². The van der Waals surface area contributed by atoms with E-state index in [0.29, 0.717) is 12.1 Å². The van der Waals surface area contributed by atoms with E-state index in [-0.39, 0.29) is 6.61 Å². The average Bonchev–Trinajstić information content (AvgIpc) is 3.57. The zero-order valence-corrected chi connectivity index (χ0v) is 18.7. The Hall–Kier alpha value is -3.10. The molecule has 6 nitrogen and oxygen atoms in total. The summed E-state index contributed by atoms with van der Waals surface area (Å²) in [5.41, 5.74) is 3.85. The smallest absolute Gasteiger partial charge is 0.162 e. The van der Waals surface area contributed by atoms with Crippen LogP contribution in [0.3, 0.4) is 0 Å². The van der Waals surface area contributed by atoms with Crippen LogP contribution in [0.2, 0.25) is 0 Å². The molecule has 166 valence electrons. The van der Waals surface area contributed by atoms with Crippen LogP contribution < -0.4 is 0 Å². The molecule has 2 aromatic carbocycles. The normalized spacial score (nSPS) is 20.7. The number of aliphatic hydroxyl groups excluding tert-OH is 2. The molecule has 6 rings (SSSR count). The van der Waals surface area contributed by atoms with Crippen LogP contribution in [-0.4, -0.2) is 43.6 Å². The Balaban J connectivity index is 1.29. The standard InChI is InChI=1S/C26H23N3O3S/c30-14-22-21(31)13-24(32-22)29-15-28-25-20(9-10-27-26(25)29)23-8-7-19(33-23)12-16-5-6-17-3-1-2-4-18(17)11-16/h1-11,15,21-22,24,30-31H,12-14H2/t21?,22-,24-/m1/s1. The number of pyridine rings is 1. The summed E-state index contributed by atoms with van der Waals surface area (Å²) in [6.45, 7) is -0.210. The molecule has 2 N–H and O–H groups in total. The molecule has 1 unspecified atom stereocenters. The number of fused-ring (bicyclic) bond motifs is 2. The van der Waals surface area contributed by atoms with Gasteiger partial charge in [-0.2, -0.15) is 0 Å². The molecule has 1 aliphatic heterocycles. The van der Waals surface area contributed by atoms with Crippen LogP contribution in [0.1, 0.15) is 23.1 Å². The number of aliphatic hydroxyl groups is 2. The SMILES string of the molecule is OC[C@H]1O[C@@H](n2cnc3c(-c4ccc(Cc5ccc6ccccc6c5)s4)ccnc32)CC1O. The van der Waals surface area contributed by atoms with Crippen LogP contribution in [-0.2, 0) is 11.2 Å². The topological polar surface area (TPSA) is 80.4 Å². The Bertz CT molecular complexity index is 1440. The first kappa shape index (κ1) is 20.5. The summed E-state index contributed by atoms with van der Waals surface area (Å²) >= 11 is 1.77. The first-order chi connectivity index (χ1) is 16.2. The molecule has 33 heavy (non-hydrogen) atoms. The molecule has 3 aromatic heterocycles. The quantitative estimate of drug-likeness (QED) is 0.405. The number of ether oxygens (including phenoxy) is 1. The van der Waals surface area contributed by atoms with E-state index in [2.05, 4.69) is 64.6 Å². The third-order valence-electron chi connectivity index (χ3n) is 6.27. The largest absolute Gasteiger partial charge is 0.394 e. The number of thiophene rings is 1. The van der Waals surface area contributed by atoms with Crippen molar-refractivity contribution in [3.8, 4) is 10.4 Å². The summed E-state index contributed by atoms with van der Waals surface area (Å²) in [6.07, 6.45) is 3.11. The van der Waals surface area contributed by atoms with E-state index in [9.17, 15) is 10.2 Å². The lowest BCUT2D eigenvalue weighted by Crippen LogP contribution is -2.24. The first-order valence-electron chi connectivity index (χ1n) is 11.0. The summed E-state index contributed by atoms with van der Waals surface area (Å²) in [4.78, 5) is 11.6.